The number of rotatable bonds is 4. The van der Waals surface area contributed by atoms with Crippen LogP contribution in [0.4, 0.5) is 10.5 Å². The minimum Gasteiger partial charge on any atom is -0.380 e. The van der Waals surface area contributed by atoms with Gasteiger partial charge in [0, 0.05) is 31.4 Å². The first-order chi connectivity index (χ1) is 10.2. The van der Waals surface area contributed by atoms with E-state index in [9.17, 15) is 4.79 Å². The number of carbonyl (C=O) groups excluding carboxylic acids is 1. The molecule has 1 saturated heterocycles. The van der Waals surface area contributed by atoms with E-state index in [4.69, 9.17) is 4.74 Å². The average Bonchev–Trinajstić information content (AvgIpc) is 2.77. The van der Waals surface area contributed by atoms with Crippen molar-refractivity contribution >= 4 is 11.7 Å². The van der Waals surface area contributed by atoms with E-state index >= 15 is 0 Å². The highest BCUT2D eigenvalue weighted by molar-refractivity contribution is 5.89. The van der Waals surface area contributed by atoms with Crippen LogP contribution in [0.5, 0.6) is 0 Å². The van der Waals surface area contributed by atoms with Crippen LogP contribution in [0.3, 0.4) is 0 Å². The quantitative estimate of drug-likeness (QED) is 0.896. The summed E-state index contributed by atoms with van der Waals surface area (Å²) >= 11 is 0. The van der Waals surface area contributed by atoms with Gasteiger partial charge in [-0.3, -0.25) is 0 Å². The minimum atomic E-state index is -0.0475. The first kappa shape index (κ1) is 15.8. The Balaban J connectivity index is 1.98. The van der Waals surface area contributed by atoms with Crippen molar-refractivity contribution in [2.24, 2.45) is 0 Å². The van der Waals surface area contributed by atoms with Crippen LogP contribution in [0.2, 0.25) is 0 Å². The fourth-order valence-corrected chi connectivity index (χ4v) is 2.46. The SMILES string of the molecule is CCNC(C)c1cccc(NC(=O)N2CCCOCC2)c1. The molecule has 1 aliphatic heterocycles. The summed E-state index contributed by atoms with van der Waals surface area (Å²) in [5.41, 5.74) is 2.02. The lowest BCUT2D eigenvalue weighted by Gasteiger charge is -2.21. The second kappa shape index (κ2) is 8.00. The Morgan fingerprint density at radius 1 is 1.38 bits per heavy atom. The van der Waals surface area contributed by atoms with Gasteiger partial charge in [0.05, 0.1) is 6.61 Å². The van der Waals surface area contributed by atoms with Crippen LogP contribution < -0.4 is 10.6 Å². The zero-order valence-electron chi connectivity index (χ0n) is 12.9. The molecule has 1 aliphatic rings. The third kappa shape index (κ3) is 4.72. The van der Waals surface area contributed by atoms with Crippen molar-refractivity contribution in [2.75, 3.05) is 38.2 Å². The van der Waals surface area contributed by atoms with Gasteiger partial charge in [0.25, 0.3) is 0 Å². The molecule has 1 aromatic rings. The van der Waals surface area contributed by atoms with Crippen molar-refractivity contribution in [3.05, 3.63) is 29.8 Å². The van der Waals surface area contributed by atoms with Gasteiger partial charge in [-0.1, -0.05) is 19.1 Å². The number of hydrogen-bond donors (Lipinski definition) is 2. The van der Waals surface area contributed by atoms with Crippen molar-refractivity contribution in [3.63, 3.8) is 0 Å². The molecule has 1 unspecified atom stereocenters. The first-order valence-corrected chi connectivity index (χ1v) is 7.67. The second-order valence-electron chi connectivity index (χ2n) is 5.29. The first-order valence-electron chi connectivity index (χ1n) is 7.67. The van der Waals surface area contributed by atoms with E-state index < -0.39 is 0 Å². The highest BCUT2D eigenvalue weighted by atomic mass is 16.5. The van der Waals surface area contributed by atoms with E-state index in [0.29, 0.717) is 13.2 Å². The molecular weight excluding hydrogens is 266 g/mol. The highest BCUT2D eigenvalue weighted by Gasteiger charge is 2.16. The van der Waals surface area contributed by atoms with Crippen molar-refractivity contribution in [3.8, 4) is 0 Å². The lowest BCUT2D eigenvalue weighted by molar-refractivity contribution is 0.144. The Labute approximate surface area is 126 Å². The predicted molar refractivity (Wildman–Crippen MR) is 84.6 cm³/mol. The van der Waals surface area contributed by atoms with Crippen LogP contribution >= 0.6 is 0 Å². The van der Waals surface area contributed by atoms with Gasteiger partial charge in [0.1, 0.15) is 0 Å². The molecule has 1 aromatic carbocycles. The number of carbonyl (C=O) groups is 1. The Kier molecular flexibility index (Phi) is 6.02. The minimum absolute atomic E-state index is 0.0475. The van der Waals surface area contributed by atoms with Crippen LogP contribution in [-0.2, 0) is 4.74 Å². The molecule has 2 amide bonds. The van der Waals surface area contributed by atoms with Gasteiger partial charge in [-0.25, -0.2) is 4.79 Å². The molecule has 5 heteroatoms. The molecule has 2 rings (SSSR count). The normalized spacial score (nSPS) is 17.1. The summed E-state index contributed by atoms with van der Waals surface area (Å²) in [4.78, 5) is 14.1. The number of ether oxygens (including phenoxy) is 1. The molecule has 0 bridgehead atoms. The number of nitrogens with one attached hydrogen (secondary N) is 2. The molecular formula is C16H25N3O2. The van der Waals surface area contributed by atoms with Crippen LogP contribution in [0, 0.1) is 0 Å². The largest absolute Gasteiger partial charge is 0.380 e. The maximum absolute atomic E-state index is 12.3. The zero-order chi connectivity index (χ0) is 15.1. The molecule has 116 valence electrons. The molecule has 2 N–H and O–H groups in total. The topological polar surface area (TPSA) is 53.6 Å². The van der Waals surface area contributed by atoms with Gasteiger partial charge in [-0.05, 0) is 37.6 Å². The van der Waals surface area contributed by atoms with Gasteiger partial charge in [-0.15, -0.1) is 0 Å². The number of amides is 2. The van der Waals surface area contributed by atoms with Gasteiger partial charge >= 0.3 is 6.03 Å². The Morgan fingerprint density at radius 3 is 3.05 bits per heavy atom. The van der Waals surface area contributed by atoms with Crippen molar-refractivity contribution < 1.29 is 9.53 Å². The summed E-state index contributed by atoms with van der Waals surface area (Å²) in [6.45, 7) is 7.88. The van der Waals surface area contributed by atoms with Crippen molar-refractivity contribution in [2.45, 2.75) is 26.3 Å². The number of nitrogens with zero attached hydrogens (tertiary/aromatic N) is 1. The van der Waals surface area contributed by atoms with Crippen LogP contribution in [0.1, 0.15) is 31.9 Å². The Hall–Kier alpha value is -1.59. The van der Waals surface area contributed by atoms with Gasteiger partial charge < -0.3 is 20.3 Å². The smallest absolute Gasteiger partial charge is 0.321 e. The molecule has 21 heavy (non-hydrogen) atoms. The molecule has 1 heterocycles. The van der Waals surface area contributed by atoms with Crippen LogP contribution in [0.25, 0.3) is 0 Å². The summed E-state index contributed by atoms with van der Waals surface area (Å²) in [5.74, 6) is 0. The van der Waals surface area contributed by atoms with E-state index in [-0.39, 0.29) is 12.1 Å². The molecule has 1 atom stereocenters. The Morgan fingerprint density at radius 2 is 2.24 bits per heavy atom. The summed E-state index contributed by atoms with van der Waals surface area (Å²) in [6.07, 6.45) is 0.894. The molecule has 5 nitrogen and oxygen atoms in total. The van der Waals surface area contributed by atoms with Gasteiger partial charge in [0.2, 0.25) is 0 Å². The van der Waals surface area contributed by atoms with E-state index in [1.807, 2.05) is 23.1 Å². The van der Waals surface area contributed by atoms with Crippen molar-refractivity contribution in [1.82, 2.24) is 10.2 Å². The third-order valence-electron chi connectivity index (χ3n) is 3.66. The highest BCUT2D eigenvalue weighted by Crippen LogP contribution is 2.17. The van der Waals surface area contributed by atoms with Crippen molar-refractivity contribution in [1.29, 1.82) is 0 Å². The lowest BCUT2D eigenvalue weighted by atomic mass is 10.1. The van der Waals surface area contributed by atoms with Gasteiger partial charge in [-0.2, -0.15) is 0 Å². The molecule has 0 saturated carbocycles. The molecule has 0 spiro atoms. The maximum atomic E-state index is 12.3. The predicted octanol–water partition coefficient (Wildman–Crippen LogP) is 2.61. The number of anilines is 1. The summed E-state index contributed by atoms with van der Waals surface area (Å²) < 4.78 is 5.37. The molecule has 0 radical (unpaired) electrons. The molecule has 0 aromatic heterocycles. The zero-order valence-corrected chi connectivity index (χ0v) is 12.9. The van der Waals surface area contributed by atoms with E-state index in [2.05, 4.69) is 30.5 Å². The standard InChI is InChI=1S/C16H25N3O2/c1-3-17-13(2)14-6-4-7-15(12-14)18-16(20)19-8-5-10-21-11-9-19/h4,6-7,12-13,17H,3,5,8-11H2,1-2H3,(H,18,20). The van der Waals surface area contributed by atoms with Gasteiger partial charge in [0.15, 0.2) is 0 Å². The summed E-state index contributed by atoms with van der Waals surface area (Å²) in [5, 5.41) is 6.35. The average molecular weight is 291 g/mol. The Bertz CT molecular complexity index is 457. The lowest BCUT2D eigenvalue weighted by Crippen LogP contribution is -2.36. The molecule has 1 fully saturated rings. The monoisotopic (exact) mass is 291 g/mol. The number of urea groups is 1. The summed E-state index contributed by atoms with van der Waals surface area (Å²) in [7, 11) is 0. The molecule has 0 aliphatic carbocycles. The second-order valence-corrected chi connectivity index (χ2v) is 5.29. The van der Waals surface area contributed by atoms with E-state index in [0.717, 1.165) is 31.8 Å². The van der Waals surface area contributed by atoms with E-state index in [1.165, 1.54) is 5.56 Å². The van der Waals surface area contributed by atoms with E-state index in [1.54, 1.807) is 0 Å². The van der Waals surface area contributed by atoms with Crippen LogP contribution in [0.15, 0.2) is 24.3 Å². The fraction of sp³-hybridized carbons (Fsp3) is 0.562. The van der Waals surface area contributed by atoms with Crippen LogP contribution in [-0.4, -0.2) is 43.8 Å². The number of hydrogen-bond acceptors (Lipinski definition) is 3. The summed E-state index contributed by atoms with van der Waals surface area (Å²) in [6, 6.07) is 8.23. The fourth-order valence-electron chi connectivity index (χ4n) is 2.46. The maximum Gasteiger partial charge on any atom is 0.321 e. The number of benzene rings is 1. The third-order valence-corrected chi connectivity index (χ3v) is 3.66.